The number of hydrogen-bond acceptors (Lipinski definition) is 4. The highest BCUT2D eigenvalue weighted by Gasteiger charge is 2.03. The van der Waals surface area contributed by atoms with Crippen LogP contribution in [0.1, 0.15) is 25.7 Å². The number of rotatable bonds is 11. The van der Waals surface area contributed by atoms with Crippen LogP contribution in [0.25, 0.3) is 0 Å². The van der Waals surface area contributed by atoms with E-state index in [0.717, 1.165) is 6.42 Å². The van der Waals surface area contributed by atoms with Gasteiger partial charge in [0.15, 0.2) is 0 Å². The van der Waals surface area contributed by atoms with Gasteiger partial charge in [-0.25, -0.2) is 4.39 Å². The maximum Gasteiger partial charge on any atom is 0.219 e. The molecule has 0 spiro atoms. The summed E-state index contributed by atoms with van der Waals surface area (Å²) < 4.78 is 18.1. The Hall–Kier alpha value is -2.18. The molecule has 1 aromatic carbocycles. The first-order valence-electron chi connectivity index (χ1n) is 8.29. The van der Waals surface area contributed by atoms with Crippen LogP contribution in [0.4, 0.5) is 4.39 Å². The van der Waals surface area contributed by atoms with Gasteiger partial charge in [-0.2, -0.15) is 0 Å². The molecule has 6 heteroatoms. The number of nitrogens with one attached hydrogen (secondary N) is 1. The Bertz CT molecular complexity index is 557. The van der Waals surface area contributed by atoms with Crippen molar-refractivity contribution in [1.82, 2.24) is 5.32 Å². The fourth-order valence-electron chi connectivity index (χ4n) is 1.97. The van der Waals surface area contributed by atoms with Gasteiger partial charge in [-0.3, -0.25) is 4.79 Å². The Labute approximate surface area is 147 Å². The molecule has 0 radical (unpaired) electrons. The number of aliphatic hydroxyl groups is 2. The van der Waals surface area contributed by atoms with Crippen LogP contribution in [0.2, 0.25) is 0 Å². The molecule has 0 saturated heterocycles. The number of hydrogen-bond donors (Lipinski definition) is 3. The summed E-state index contributed by atoms with van der Waals surface area (Å²) in [5.41, 5.74) is 0. The minimum absolute atomic E-state index is 0.0905. The molecule has 2 atom stereocenters. The molecule has 1 aromatic rings. The van der Waals surface area contributed by atoms with E-state index >= 15 is 0 Å². The molecule has 0 aliphatic carbocycles. The number of amides is 1. The second-order valence-electron chi connectivity index (χ2n) is 5.55. The molecule has 138 valence electrons. The normalized spacial score (nSPS) is 13.9. The van der Waals surface area contributed by atoms with Gasteiger partial charge < -0.3 is 20.3 Å². The lowest BCUT2D eigenvalue weighted by Crippen LogP contribution is -2.19. The van der Waals surface area contributed by atoms with Gasteiger partial charge in [0.05, 0.1) is 6.10 Å². The predicted molar refractivity (Wildman–Crippen MR) is 94.7 cm³/mol. The first-order valence-corrected chi connectivity index (χ1v) is 8.29. The molecule has 0 aliphatic heterocycles. The van der Waals surface area contributed by atoms with Gasteiger partial charge in [0.1, 0.15) is 24.3 Å². The van der Waals surface area contributed by atoms with Crippen molar-refractivity contribution in [1.29, 1.82) is 0 Å². The Kier molecular flexibility index (Phi) is 10.2. The molecule has 5 nitrogen and oxygen atoms in total. The number of halogens is 1. The Balaban J connectivity index is 2.14. The number of ether oxygens (including phenoxy) is 1. The molecule has 25 heavy (non-hydrogen) atoms. The average Bonchev–Trinajstić information content (AvgIpc) is 2.62. The van der Waals surface area contributed by atoms with Crippen LogP contribution in [0.15, 0.2) is 48.6 Å². The molecule has 0 fully saturated rings. The Morgan fingerprint density at radius 3 is 2.36 bits per heavy atom. The third kappa shape index (κ3) is 10.3. The molecule has 0 aromatic heterocycles. The zero-order valence-corrected chi connectivity index (χ0v) is 14.4. The fraction of sp³-hybridized carbons (Fsp3) is 0.421. The number of aliphatic hydroxyl groups excluding tert-OH is 2. The lowest BCUT2D eigenvalue weighted by atomic mass is 10.1. The van der Waals surface area contributed by atoms with Gasteiger partial charge in [0.2, 0.25) is 5.91 Å². The topological polar surface area (TPSA) is 78.8 Å². The second-order valence-corrected chi connectivity index (χ2v) is 5.55. The molecule has 2 unspecified atom stereocenters. The highest BCUT2D eigenvalue weighted by Crippen LogP contribution is 2.11. The molecule has 0 bridgehead atoms. The van der Waals surface area contributed by atoms with Crippen LogP contribution in [-0.4, -0.2) is 42.0 Å². The summed E-state index contributed by atoms with van der Waals surface area (Å²) in [6, 6.07) is 5.61. The van der Waals surface area contributed by atoms with Gasteiger partial charge in [-0.15, -0.1) is 0 Å². The number of carbonyl (C=O) groups excluding carboxylic acids is 1. The standard InChI is InChI=1S/C19H26FNO4/c1-21-19(24)13-10-16(22)6-4-2-3-5-7-17(23)14-25-18-11-8-15(20)9-12-18/h4-9,11-12,16-17,22-23H,2-3,10,13-14H2,1H3,(H,21,24). The van der Waals surface area contributed by atoms with E-state index in [4.69, 9.17) is 4.74 Å². The van der Waals surface area contributed by atoms with Crippen molar-refractivity contribution in [3.8, 4) is 5.75 Å². The zero-order chi connectivity index (χ0) is 18.5. The van der Waals surface area contributed by atoms with Crippen molar-refractivity contribution in [3.63, 3.8) is 0 Å². The van der Waals surface area contributed by atoms with Gasteiger partial charge in [0.25, 0.3) is 0 Å². The first-order chi connectivity index (χ1) is 12.0. The predicted octanol–water partition coefficient (Wildman–Crippen LogP) is 2.35. The quantitative estimate of drug-likeness (QED) is 0.422. The van der Waals surface area contributed by atoms with E-state index in [1.54, 1.807) is 19.2 Å². The lowest BCUT2D eigenvalue weighted by molar-refractivity contribution is -0.121. The van der Waals surface area contributed by atoms with Gasteiger partial charge in [-0.05, 0) is 43.5 Å². The summed E-state index contributed by atoms with van der Waals surface area (Å²) in [7, 11) is 1.57. The van der Waals surface area contributed by atoms with Crippen LogP contribution in [0.3, 0.4) is 0 Å². The fourth-order valence-corrected chi connectivity index (χ4v) is 1.97. The Morgan fingerprint density at radius 1 is 1.16 bits per heavy atom. The van der Waals surface area contributed by atoms with E-state index in [1.165, 1.54) is 24.3 Å². The van der Waals surface area contributed by atoms with Crippen molar-refractivity contribution in [2.75, 3.05) is 13.7 Å². The summed E-state index contributed by atoms with van der Waals surface area (Å²) >= 11 is 0. The van der Waals surface area contributed by atoms with Crippen LogP contribution >= 0.6 is 0 Å². The third-order valence-corrected chi connectivity index (χ3v) is 3.40. The largest absolute Gasteiger partial charge is 0.491 e. The SMILES string of the molecule is CNC(=O)CCC(O)C=CCCC=CC(O)COc1ccc(F)cc1. The lowest BCUT2D eigenvalue weighted by Gasteiger charge is -2.08. The number of benzene rings is 1. The van der Waals surface area contributed by atoms with Crippen LogP contribution in [0, 0.1) is 5.82 Å². The summed E-state index contributed by atoms with van der Waals surface area (Å²) in [6.07, 6.45) is 7.74. The summed E-state index contributed by atoms with van der Waals surface area (Å²) in [5, 5.41) is 21.9. The molecule has 0 aliphatic rings. The maximum atomic E-state index is 12.7. The first kappa shape index (κ1) is 20.9. The summed E-state index contributed by atoms with van der Waals surface area (Å²) in [6.45, 7) is 0.0934. The van der Waals surface area contributed by atoms with E-state index in [0.29, 0.717) is 25.0 Å². The highest BCUT2D eigenvalue weighted by molar-refractivity contribution is 5.75. The highest BCUT2D eigenvalue weighted by atomic mass is 19.1. The third-order valence-electron chi connectivity index (χ3n) is 3.40. The van der Waals surface area contributed by atoms with Gasteiger partial charge in [0, 0.05) is 13.5 Å². The van der Waals surface area contributed by atoms with Crippen molar-refractivity contribution in [2.45, 2.75) is 37.9 Å². The minimum atomic E-state index is -0.743. The van der Waals surface area contributed by atoms with Crippen molar-refractivity contribution in [2.24, 2.45) is 0 Å². The summed E-state index contributed by atoms with van der Waals surface area (Å²) in [4.78, 5) is 11.0. The van der Waals surface area contributed by atoms with Crippen LogP contribution in [0.5, 0.6) is 5.75 Å². The minimum Gasteiger partial charge on any atom is -0.491 e. The zero-order valence-electron chi connectivity index (χ0n) is 14.4. The summed E-state index contributed by atoms with van der Waals surface area (Å²) in [5.74, 6) is 0.0781. The molecule has 3 N–H and O–H groups in total. The average molecular weight is 351 g/mol. The van der Waals surface area contributed by atoms with Crippen molar-refractivity contribution < 1.29 is 24.1 Å². The number of unbranched alkanes of at least 4 members (excludes halogenated alkanes) is 1. The molecular formula is C19H26FNO4. The van der Waals surface area contributed by atoms with E-state index in [2.05, 4.69) is 5.32 Å². The van der Waals surface area contributed by atoms with E-state index < -0.39 is 12.2 Å². The molecule has 1 amide bonds. The molecule has 0 saturated carbocycles. The van der Waals surface area contributed by atoms with E-state index in [1.807, 2.05) is 12.2 Å². The smallest absolute Gasteiger partial charge is 0.219 e. The van der Waals surface area contributed by atoms with E-state index in [9.17, 15) is 19.4 Å². The van der Waals surface area contributed by atoms with Crippen molar-refractivity contribution in [3.05, 3.63) is 54.4 Å². The second kappa shape index (κ2) is 12.2. The molecule has 1 rings (SSSR count). The van der Waals surface area contributed by atoms with Crippen molar-refractivity contribution >= 4 is 5.91 Å². The number of carbonyl (C=O) groups is 1. The molecular weight excluding hydrogens is 325 g/mol. The van der Waals surface area contributed by atoms with Crippen LogP contribution in [-0.2, 0) is 4.79 Å². The van der Waals surface area contributed by atoms with Gasteiger partial charge in [-0.1, -0.05) is 24.3 Å². The van der Waals surface area contributed by atoms with Crippen LogP contribution < -0.4 is 10.1 Å². The molecule has 0 heterocycles. The number of allylic oxidation sites excluding steroid dienone is 2. The Morgan fingerprint density at radius 2 is 1.76 bits per heavy atom. The van der Waals surface area contributed by atoms with Gasteiger partial charge >= 0.3 is 0 Å². The maximum absolute atomic E-state index is 12.7. The monoisotopic (exact) mass is 351 g/mol. The van der Waals surface area contributed by atoms with E-state index in [-0.39, 0.29) is 18.3 Å².